The number of carbonyl (C=O) groups excluding carboxylic acids is 1. The lowest BCUT2D eigenvalue weighted by Crippen LogP contribution is -2.55. The van der Waals surface area contributed by atoms with Gasteiger partial charge in [0.15, 0.2) is 5.13 Å². The number of alkyl halides is 1. The van der Waals surface area contributed by atoms with Gasteiger partial charge in [-0.25, -0.2) is 9.37 Å². The molecule has 1 heterocycles. The molecule has 1 amide bonds. The Balaban J connectivity index is 1.37. The Morgan fingerprint density at radius 3 is 2.54 bits per heavy atom. The van der Waals surface area contributed by atoms with Crippen LogP contribution in [0.5, 0.6) is 0 Å². The highest BCUT2D eigenvalue weighted by molar-refractivity contribution is 7.14. The zero-order valence-corrected chi connectivity index (χ0v) is 15.9. The fraction of sp³-hybridized carbons (Fsp3) is 0.500. The van der Waals surface area contributed by atoms with Crippen LogP contribution in [-0.4, -0.2) is 15.8 Å². The Morgan fingerprint density at radius 1 is 1.19 bits per heavy atom. The Labute approximate surface area is 161 Å². The van der Waals surface area contributed by atoms with Crippen molar-refractivity contribution in [3.8, 4) is 0 Å². The van der Waals surface area contributed by atoms with Gasteiger partial charge in [0.1, 0.15) is 5.82 Å². The van der Waals surface area contributed by atoms with Gasteiger partial charge in [-0.2, -0.15) is 0 Å². The number of benzene rings is 1. The summed E-state index contributed by atoms with van der Waals surface area (Å²) in [7, 11) is 0. The summed E-state index contributed by atoms with van der Waals surface area (Å²) in [5, 5.41) is 5.55. The van der Waals surface area contributed by atoms with Crippen molar-refractivity contribution in [1.29, 1.82) is 0 Å². The third-order valence-electron chi connectivity index (χ3n) is 6.36. The molecule has 6 heteroatoms. The van der Waals surface area contributed by atoms with Crippen LogP contribution in [0, 0.1) is 17.7 Å². The standard InChI is InChI=1S/C20H20ClFN2OS/c21-20-8-12-5-13(9-20)7-19(6-12,11-20)16-10-26-18(23-16)24-17(25)14-1-3-15(22)4-2-14/h1-4,10,12-13H,5-9,11H2,(H,23,24,25). The number of carbonyl (C=O) groups is 1. The molecule has 3 nitrogen and oxygen atoms in total. The minimum Gasteiger partial charge on any atom is -0.298 e. The second-order valence-corrected chi connectivity index (χ2v) is 10.1. The monoisotopic (exact) mass is 390 g/mol. The Bertz CT molecular complexity index is 851. The highest BCUT2D eigenvalue weighted by Gasteiger charge is 2.58. The van der Waals surface area contributed by atoms with Crippen molar-refractivity contribution in [2.45, 2.75) is 48.8 Å². The van der Waals surface area contributed by atoms with Crippen molar-refractivity contribution < 1.29 is 9.18 Å². The Kier molecular flexibility index (Phi) is 3.70. The van der Waals surface area contributed by atoms with Gasteiger partial charge in [-0.3, -0.25) is 10.1 Å². The fourth-order valence-corrected chi connectivity index (χ4v) is 7.32. The summed E-state index contributed by atoms with van der Waals surface area (Å²) in [5.41, 5.74) is 1.61. The fourth-order valence-electron chi connectivity index (χ4n) is 5.80. The number of nitrogens with one attached hydrogen (secondary N) is 1. The van der Waals surface area contributed by atoms with E-state index in [0.29, 0.717) is 22.5 Å². The number of halogens is 2. The van der Waals surface area contributed by atoms with Gasteiger partial charge in [0, 0.05) is 21.2 Å². The van der Waals surface area contributed by atoms with E-state index in [0.717, 1.165) is 25.0 Å². The van der Waals surface area contributed by atoms with Crippen LogP contribution in [0.4, 0.5) is 9.52 Å². The van der Waals surface area contributed by atoms with E-state index >= 15 is 0 Å². The summed E-state index contributed by atoms with van der Waals surface area (Å²) >= 11 is 8.39. The van der Waals surface area contributed by atoms with E-state index in [1.807, 2.05) is 0 Å². The molecule has 1 aromatic heterocycles. The van der Waals surface area contributed by atoms with Gasteiger partial charge in [-0.15, -0.1) is 22.9 Å². The molecular formula is C20H20ClFN2OS. The number of rotatable bonds is 3. The molecule has 4 fully saturated rings. The minimum atomic E-state index is -0.352. The maximum absolute atomic E-state index is 13.0. The van der Waals surface area contributed by atoms with Crippen molar-refractivity contribution in [3.63, 3.8) is 0 Å². The number of hydrogen-bond donors (Lipinski definition) is 1. The number of hydrogen-bond acceptors (Lipinski definition) is 3. The smallest absolute Gasteiger partial charge is 0.257 e. The van der Waals surface area contributed by atoms with Crippen molar-refractivity contribution in [2.24, 2.45) is 11.8 Å². The number of thiazole rings is 1. The van der Waals surface area contributed by atoms with Crippen molar-refractivity contribution in [3.05, 3.63) is 46.7 Å². The largest absolute Gasteiger partial charge is 0.298 e. The molecule has 26 heavy (non-hydrogen) atoms. The minimum absolute atomic E-state index is 0.0504. The quantitative estimate of drug-likeness (QED) is 0.716. The van der Waals surface area contributed by atoms with Crippen molar-refractivity contribution in [2.75, 3.05) is 5.32 Å². The molecule has 4 aliphatic carbocycles. The first kappa shape index (κ1) is 16.7. The molecule has 4 bridgehead atoms. The van der Waals surface area contributed by atoms with Crippen LogP contribution in [0.1, 0.15) is 54.6 Å². The van der Waals surface area contributed by atoms with Gasteiger partial charge in [-0.1, -0.05) is 0 Å². The summed E-state index contributed by atoms with van der Waals surface area (Å²) in [6.07, 6.45) is 6.95. The number of amides is 1. The van der Waals surface area contributed by atoms with E-state index < -0.39 is 0 Å². The summed E-state index contributed by atoms with van der Waals surface area (Å²) < 4.78 is 13.0. The molecule has 1 N–H and O–H groups in total. The van der Waals surface area contributed by atoms with Gasteiger partial charge in [0.25, 0.3) is 5.91 Å². The van der Waals surface area contributed by atoms with Gasteiger partial charge >= 0.3 is 0 Å². The highest BCUT2D eigenvalue weighted by atomic mass is 35.5. The van der Waals surface area contributed by atoms with E-state index in [1.54, 1.807) is 0 Å². The van der Waals surface area contributed by atoms with Gasteiger partial charge < -0.3 is 0 Å². The topological polar surface area (TPSA) is 42.0 Å². The van der Waals surface area contributed by atoms with Crippen LogP contribution in [0.25, 0.3) is 0 Å². The number of nitrogens with zero attached hydrogens (tertiary/aromatic N) is 1. The van der Waals surface area contributed by atoms with E-state index in [1.165, 1.54) is 54.9 Å². The van der Waals surface area contributed by atoms with E-state index in [9.17, 15) is 9.18 Å². The summed E-state index contributed by atoms with van der Waals surface area (Å²) in [4.78, 5) is 17.1. The van der Waals surface area contributed by atoms with Gasteiger partial charge in [0.05, 0.1) is 5.69 Å². The maximum atomic E-state index is 13.0. The maximum Gasteiger partial charge on any atom is 0.257 e. The Morgan fingerprint density at radius 2 is 1.88 bits per heavy atom. The van der Waals surface area contributed by atoms with Crippen LogP contribution >= 0.6 is 22.9 Å². The first-order chi connectivity index (χ1) is 12.4. The molecule has 2 atom stereocenters. The summed E-state index contributed by atoms with van der Waals surface area (Å²) in [6, 6.07) is 5.54. The zero-order chi connectivity index (χ0) is 17.9. The predicted octanol–water partition coefficient (Wildman–Crippen LogP) is 5.36. The normalized spacial score (nSPS) is 34.8. The van der Waals surface area contributed by atoms with Crippen molar-refractivity contribution >= 4 is 34.0 Å². The average molecular weight is 391 g/mol. The lowest BCUT2D eigenvalue weighted by atomic mass is 9.48. The molecule has 4 saturated carbocycles. The first-order valence-electron chi connectivity index (χ1n) is 9.15. The second-order valence-electron chi connectivity index (χ2n) is 8.39. The molecule has 2 aromatic rings. The SMILES string of the molecule is O=C(Nc1nc(C23CC4CC(CC(Cl)(C4)C2)C3)cs1)c1ccc(F)cc1. The average Bonchev–Trinajstić information content (AvgIpc) is 3.02. The molecular weight excluding hydrogens is 371 g/mol. The number of anilines is 1. The van der Waals surface area contributed by atoms with Gasteiger partial charge in [-0.05, 0) is 74.6 Å². The molecule has 1 aromatic carbocycles. The molecule has 0 spiro atoms. The third kappa shape index (κ3) is 2.76. The summed E-state index contributed by atoms with van der Waals surface area (Å²) in [5.74, 6) is 0.820. The highest BCUT2D eigenvalue weighted by Crippen LogP contribution is 2.64. The van der Waals surface area contributed by atoms with Crippen LogP contribution < -0.4 is 5.32 Å². The molecule has 4 aliphatic rings. The first-order valence-corrected chi connectivity index (χ1v) is 10.4. The molecule has 0 radical (unpaired) electrons. The van der Waals surface area contributed by atoms with Crippen LogP contribution in [0.3, 0.4) is 0 Å². The van der Waals surface area contributed by atoms with Crippen LogP contribution in [-0.2, 0) is 5.41 Å². The van der Waals surface area contributed by atoms with Gasteiger partial charge in [0.2, 0.25) is 0 Å². The lowest BCUT2D eigenvalue weighted by molar-refractivity contribution is 0.00720. The van der Waals surface area contributed by atoms with Crippen LogP contribution in [0.15, 0.2) is 29.6 Å². The summed E-state index contributed by atoms with van der Waals surface area (Å²) in [6.45, 7) is 0. The molecule has 0 aliphatic heterocycles. The predicted molar refractivity (Wildman–Crippen MR) is 101 cm³/mol. The molecule has 0 saturated heterocycles. The zero-order valence-electron chi connectivity index (χ0n) is 14.3. The number of aromatic nitrogens is 1. The molecule has 136 valence electrons. The van der Waals surface area contributed by atoms with E-state index in [2.05, 4.69) is 10.7 Å². The molecule has 6 rings (SSSR count). The van der Waals surface area contributed by atoms with E-state index in [-0.39, 0.29) is 22.0 Å². The van der Waals surface area contributed by atoms with Crippen molar-refractivity contribution in [1.82, 2.24) is 4.98 Å². The van der Waals surface area contributed by atoms with Crippen LogP contribution in [0.2, 0.25) is 0 Å². The lowest BCUT2D eigenvalue weighted by Gasteiger charge is -2.59. The third-order valence-corrected chi connectivity index (χ3v) is 7.56. The molecule has 2 unspecified atom stereocenters. The Hall–Kier alpha value is -1.46. The second kappa shape index (κ2) is 5.77. The van der Waals surface area contributed by atoms with E-state index in [4.69, 9.17) is 16.6 Å².